The minimum Gasteiger partial charge on any atom is -0.351 e. The average molecular weight is 197 g/mol. The first-order chi connectivity index (χ1) is 7.07. The quantitative estimate of drug-likeness (QED) is 0.599. The van der Waals surface area contributed by atoms with Crippen molar-refractivity contribution in [3.05, 3.63) is 47.0 Å². The van der Waals surface area contributed by atoms with Gasteiger partial charge in [0.25, 0.3) is 0 Å². The van der Waals surface area contributed by atoms with Crippen molar-refractivity contribution in [3.8, 4) is 6.07 Å². The predicted octanol–water partition coefficient (Wildman–Crippen LogP) is 2.59. The van der Waals surface area contributed by atoms with E-state index in [2.05, 4.69) is 25.1 Å². The highest BCUT2D eigenvalue weighted by atomic mass is 16.5. The zero-order chi connectivity index (χ0) is 10.7. The molecule has 0 fully saturated rings. The van der Waals surface area contributed by atoms with Crippen LogP contribution in [0, 0.1) is 11.3 Å². The van der Waals surface area contributed by atoms with Crippen LogP contribution in [-0.4, -0.2) is 0 Å². The summed E-state index contributed by atoms with van der Waals surface area (Å²) in [7, 11) is 0. The highest BCUT2D eigenvalue weighted by Gasteiger charge is 2.50. The Morgan fingerprint density at radius 1 is 1.13 bits per heavy atom. The molecule has 2 aliphatic heterocycles. The third kappa shape index (κ3) is 0.912. The third-order valence-electron chi connectivity index (χ3n) is 3.36. The standard InChI is InChI=1S/C13H11NO/c1-12-5-6-13(2,15-12)11-7-9(8-14)3-4-10(11)12/h3-7H,1-2H3. The van der Waals surface area contributed by atoms with Gasteiger partial charge in [0, 0.05) is 0 Å². The van der Waals surface area contributed by atoms with Crippen molar-refractivity contribution >= 4 is 0 Å². The van der Waals surface area contributed by atoms with Crippen LogP contribution < -0.4 is 0 Å². The van der Waals surface area contributed by atoms with E-state index in [0.717, 1.165) is 5.56 Å². The summed E-state index contributed by atoms with van der Waals surface area (Å²) in [5.41, 5.74) is 2.39. The lowest BCUT2D eigenvalue weighted by atomic mass is 9.83. The summed E-state index contributed by atoms with van der Waals surface area (Å²) < 4.78 is 6.00. The van der Waals surface area contributed by atoms with E-state index in [1.165, 1.54) is 5.56 Å². The second kappa shape index (κ2) is 2.32. The molecule has 3 rings (SSSR count). The molecule has 0 saturated carbocycles. The van der Waals surface area contributed by atoms with E-state index in [-0.39, 0.29) is 11.2 Å². The molecule has 15 heavy (non-hydrogen) atoms. The van der Waals surface area contributed by atoms with Gasteiger partial charge in [-0.2, -0.15) is 5.26 Å². The lowest BCUT2D eigenvalue weighted by Gasteiger charge is -2.18. The Morgan fingerprint density at radius 3 is 2.47 bits per heavy atom. The summed E-state index contributed by atoms with van der Waals surface area (Å²) in [6.07, 6.45) is 4.18. The van der Waals surface area contributed by atoms with Crippen molar-refractivity contribution in [2.24, 2.45) is 0 Å². The maximum Gasteiger partial charge on any atom is 0.111 e. The van der Waals surface area contributed by atoms with Crippen molar-refractivity contribution in [1.82, 2.24) is 0 Å². The fourth-order valence-electron chi connectivity index (χ4n) is 2.57. The van der Waals surface area contributed by atoms with Crippen molar-refractivity contribution in [1.29, 1.82) is 5.26 Å². The molecule has 2 unspecified atom stereocenters. The van der Waals surface area contributed by atoms with Gasteiger partial charge in [0.1, 0.15) is 11.2 Å². The number of fused-ring (bicyclic) bond motifs is 5. The lowest BCUT2D eigenvalue weighted by Crippen LogP contribution is -2.17. The second-order valence-corrected chi connectivity index (χ2v) is 4.52. The number of nitriles is 1. The summed E-state index contributed by atoms with van der Waals surface area (Å²) in [6.45, 7) is 4.11. The van der Waals surface area contributed by atoms with Crippen LogP contribution in [0.5, 0.6) is 0 Å². The van der Waals surface area contributed by atoms with Gasteiger partial charge in [-0.15, -0.1) is 0 Å². The number of hydrogen-bond acceptors (Lipinski definition) is 2. The summed E-state index contributed by atoms with van der Waals surface area (Å²) in [6, 6.07) is 7.96. The predicted molar refractivity (Wildman–Crippen MR) is 56.1 cm³/mol. The zero-order valence-electron chi connectivity index (χ0n) is 8.74. The minimum atomic E-state index is -0.336. The van der Waals surface area contributed by atoms with E-state index in [4.69, 9.17) is 10.00 Å². The Labute approximate surface area is 88.8 Å². The van der Waals surface area contributed by atoms with Crippen molar-refractivity contribution in [2.75, 3.05) is 0 Å². The van der Waals surface area contributed by atoms with Gasteiger partial charge in [0.2, 0.25) is 0 Å². The molecule has 74 valence electrons. The lowest BCUT2D eigenvalue weighted by molar-refractivity contribution is -0.0495. The number of hydrogen-bond donors (Lipinski definition) is 0. The summed E-state index contributed by atoms with van der Waals surface area (Å²) in [5, 5.41) is 8.88. The molecule has 2 atom stereocenters. The van der Waals surface area contributed by atoms with Gasteiger partial charge in [-0.1, -0.05) is 6.07 Å². The van der Waals surface area contributed by atoms with Crippen LogP contribution in [0.4, 0.5) is 0 Å². The minimum absolute atomic E-state index is 0.294. The number of benzene rings is 1. The molecule has 0 spiro atoms. The van der Waals surface area contributed by atoms with Gasteiger partial charge >= 0.3 is 0 Å². The van der Waals surface area contributed by atoms with Gasteiger partial charge in [0.15, 0.2) is 0 Å². The van der Waals surface area contributed by atoms with E-state index in [1.807, 2.05) is 25.1 Å². The molecule has 0 N–H and O–H groups in total. The van der Waals surface area contributed by atoms with Gasteiger partial charge in [-0.25, -0.2) is 0 Å². The van der Waals surface area contributed by atoms with E-state index < -0.39 is 0 Å². The summed E-state index contributed by atoms with van der Waals surface area (Å²) in [4.78, 5) is 0. The topological polar surface area (TPSA) is 33.0 Å². The van der Waals surface area contributed by atoms with Gasteiger partial charge in [0.05, 0.1) is 11.6 Å². The summed E-state index contributed by atoms with van der Waals surface area (Å²) >= 11 is 0. The highest BCUT2D eigenvalue weighted by Crippen LogP contribution is 2.53. The normalized spacial score (nSPS) is 35.3. The van der Waals surface area contributed by atoms with Crippen LogP contribution in [0.3, 0.4) is 0 Å². The number of rotatable bonds is 0. The van der Waals surface area contributed by atoms with Crippen LogP contribution in [0.1, 0.15) is 30.5 Å². The Balaban J connectivity index is 2.30. The maximum atomic E-state index is 8.88. The average Bonchev–Trinajstić information content (AvgIpc) is 2.66. The van der Waals surface area contributed by atoms with Gasteiger partial charge in [-0.3, -0.25) is 0 Å². The molecule has 1 aromatic carbocycles. The van der Waals surface area contributed by atoms with Gasteiger partial charge < -0.3 is 4.74 Å². The van der Waals surface area contributed by atoms with Crippen LogP contribution in [0.2, 0.25) is 0 Å². The summed E-state index contributed by atoms with van der Waals surface area (Å²) in [5.74, 6) is 0. The zero-order valence-corrected chi connectivity index (χ0v) is 8.74. The fourth-order valence-corrected chi connectivity index (χ4v) is 2.57. The molecular weight excluding hydrogens is 186 g/mol. The van der Waals surface area contributed by atoms with E-state index in [9.17, 15) is 0 Å². The number of nitrogens with zero attached hydrogens (tertiary/aromatic N) is 1. The van der Waals surface area contributed by atoms with Crippen LogP contribution in [0.15, 0.2) is 30.4 Å². The smallest absolute Gasteiger partial charge is 0.111 e. The van der Waals surface area contributed by atoms with Crippen molar-refractivity contribution < 1.29 is 4.74 Å². The van der Waals surface area contributed by atoms with E-state index >= 15 is 0 Å². The molecule has 0 aliphatic carbocycles. The molecule has 1 aromatic rings. The Kier molecular flexibility index (Phi) is 1.34. The molecule has 2 nitrogen and oxygen atoms in total. The molecular formula is C13H11NO. The van der Waals surface area contributed by atoms with Gasteiger partial charge in [-0.05, 0) is 49.3 Å². The maximum absolute atomic E-state index is 8.88. The van der Waals surface area contributed by atoms with Crippen LogP contribution >= 0.6 is 0 Å². The Hall–Kier alpha value is -1.59. The first-order valence-electron chi connectivity index (χ1n) is 5.03. The second-order valence-electron chi connectivity index (χ2n) is 4.52. The first-order valence-corrected chi connectivity index (χ1v) is 5.03. The molecule has 2 bridgehead atoms. The van der Waals surface area contributed by atoms with Crippen LogP contribution in [-0.2, 0) is 15.9 Å². The third-order valence-corrected chi connectivity index (χ3v) is 3.36. The highest BCUT2D eigenvalue weighted by molar-refractivity contribution is 5.53. The largest absolute Gasteiger partial charge is 0.351 e. The number of ether oxygens (including phenoxy) is 1. The Bertz CT molecular complexity index is 526. The van der Waals surface area contributed by atoms with Crippen LogP contribution in [0.25, 0.3) is 0 Å². The SMILES string of the molecule is CC12C=CC(C)(O1)c1cc(C#N)ccc12. The molecule has 2 heterocycles. The molecule has 2 heteroatoms. The molecule has 0 aromatic heterocycles. The Morgan fingerprint density at radius 2 is 1.80 bits per heavy atom. The molecule has 2 aliphatic rings. The molecule has 0 saturated heterocycles. The van der Waals surface area contributed by atoms with E-state index in [0.29, 0.717) is 5.56 Å². The molecule has 0 radical (unpaired) electrons. The monoisotopic (exact) mass is 197 g/mol. The fraction of sp³-hybridized carbons (Fsp3) is 0.308. The van der Waals surface area contributed by atoms with Crippen molar-refractivity contribution in [2.45, 2.75) is 25.0 Å². The van der Waals surface area contributed by atoms with E-state index in [1.54, 1.807) is 0 Å². The first kappa shape index (κ1) is 8.70. The molecule has 0 amide bonds. The van der Waals surface area contributed by atoms with Crippen molar-refractivity contribution in [3.63, 3.8) is 0 Å².